The van der Waals surface area contributed by atoms with Gasteiger partial charge in [0.2, 0.25) is 0 Å². The van der Waals surface area contributed by atoms with E-state index in [2.05, 4.69) is 26.3 Å². The number of halogens is 2. The van der Waals surface area contributed by atoms with Gasteiger partial charge in [0.05, 0.1) is 5.56 Å². The van der Waals surface area contributed by atoms with Crippen molar-refractivity contribution in [2.24, 2.45) is 0 Å². The summed E-state index contributed by atoms with van der Waals surface area (Å²) in [6.45, 7) is 0. The maximum absolute atomic E-state index is 14.0. The molecule has 0 aliphatic carbocycles. The highest BCUT2D eigenvalue weighted by Gasteiger charge is 2.11. The molecule has 1 amide bonds. The van der Waals surface area contributed by atoms with Crippen molar-refractivity contribution in [3.8, 4) is 5.69 Å². The second-order valence-electron chi connectivity index (χ2n) is 4.21. The molecule has 1 N–H and O–H groups in total. The maximum Gasteiger partial charge on any atom is 0.258 e. The summed E-state index contributed by atoms with van der Waals surface area (Å²) in [5.41, 5.74) is 1.01. The Hall–Kier alpha value is -2.41. The molecule has 2 aromatic heterocycles. The lowest BCUT2D eigenvalue weighted by Gasteiger charge is -2.07. The summed E-state index contributed by atoms with van der Waals surface area (Å²) in [6, 6.07) is 7.62. The molecule has 0 saturated heterocycles. The molecule has 7 heteroatoms. The van der Waals surface area contributed by atoms with E-state index >= 15 is 0 Å². The number of carbonyl (C=O) groups is 1. The minimum atomic E-state index is -0.482. The number of furan rings is 1. The second-order valence-corrected chi connectivity index (χ2v) is 4.99. The van der Waals surface area contributed by atoms with Crippen LogP contribution in [0.4, 0.5) is 10.1 Å². The zero-order valence-electron chi connectivity index (χ0n) is 10.6. The molecule has 0 unspecified atom stereocenters. The summed E-state index contributed by atoms with van der Waals surface area (Å²) in [7, 11) is 0. The van der Waals surface area contributed by atoms with Crippen LogP contribution >= 0.6 is 15.9 Å². The van der Waals surface area contributed by atoms with Crippen molar-refractivity contribution >= 4 is 27.5 Å². The van der Waals surface area contributed by atoms with Crippen molar-refractivity contribution in [3.05, 3.63) is 65.0 Å². The van der Waals surface area contributed by atoms with E-state index in [-0.39, 0.29) is 5.91 Å². The summed E-state index contributed by atoms with van der Waals surface area (Å²) >= 11 is 3.11. The summed E-state index contributed by atoms with van der Waals surface area (Å²) < 4.78 is 20.9. The van der Waals surface area contributed by atoms with Gasteiger partial charge in [0.15, 0.2) is 10.5 Å². The van der Waals surface area contributed by atoms with Gasteiger partial charge in [-0.15, -0.1) is 0 Å². The quantitative estimate of drug-likeness (QED) is 0.785. The summed E-state index contributed by atoms with van der Waals surface area (Å²) in [6.07, 6.45) is 4.51. The Morgan fingerprint density at radius 3 is 2.86 bits per heavy atom. The van der Waals surface area contributed by atoms with E-state index in [0.717, 1.165) is 0 Å². The van der Waals surface area contributed by atoms with Crippen molar-refractivity contribution in [2.75, 3.05) is 5.32 Å². The fourth-order valence-corrected chi connectivity index (χ4v) is 2.15. The molecule has 0 atom stereocenters. The Balaban J connectivity index is 1.81. The number of hydrogen-bond donors (Lipinski definition) is 1. The lowest BCUT2D eigenvalue weighted by Crippen LogP contribution is -2.11. The summed E-state index contributed by atoms with van der Waals surface area (Å²) in [5, 5.41) is 6.56. The summed E-state index contributed by atoms with van der Waals surface area (Å²) in [5.74, 6) is -0.861. The number of aromatic nitrogens is 2. The van der Waals surface area contributed by atoms with Gasteiger partial charge in [0.25, 0.3) is 5.91 Å². The molecule has 0 spiro atoms. The maximum atomic E-state index is 14.0. The number of amides is 1. The Kier molecular flexibility index (Phi) is 3.57. The average molecular weight is 350 g/mol. The topological polar surface area (TPSA) is 60.1 Å². The van der Waals surface area contributed by atoms with Gasteiger partial charge in [0.1, 0.15) is 12.0 Å². The molecular weight excluding hydrogens is 341 g/mol. The second kappa shape index (κ2) is 5.53. The molecule has 2 heterocycles. The number of benzene rings is 1. The predicted octanol–water partition coefficient (Wildman–Crippen LogP) is 3.62. The van der Waals surface area contributed by atoms with Crippen LogP contribution in [0.25, 0.3) is 5.69 Å². The van der Waals surface area contributed by atoms with Gasteiger partial charge in [-0.05, 0) is 40.2 Å². The van der Waals surface area contributed by atoms with Gasteiger partial charge in [0, 0.05) is 24.1 Å². The van der Waals surface area contributed by atoms with Crippen LogP contribution in [-0.4, -0.2) is 15.7 Å². The molecule has 5 nitrogen and oxygen atoms in total. The number of nitrogens with one attached hydrogen (secondary N) is 1. The van der Waals surface area contributed by atoms with Gasteiger partial charge >= 0.3 is 0 Å². The Bertz CT molecular complexity index is 783. The molecule has 0 saturated carbocycles. The van der Waals surface area contributed by atoms with E-state index in [0.29, 0.717) is 21.6 Å². The third-order valence-electron chi connectivity index (χ3n) is 2.79. The molecule has 0 aliphatic rings. The molecule has 0 aliphatic heterocycles. The summed E-state index contributed by atoms with van der Waals surface area (Å²) in [4.78, 5) is 11.9. The molecular formula is C14H9BrFN3O2. The first-order valence-corrected chi connectivity index (χ1v) is 6.78. The molecule has 3 aromatic rings. The molecule has 0 bridgehead atoms. The van der Waals surface area contributed by atoms with Crippen molar-refractivity contribution < 1.29 is 13.6 Å². The predicted molar refractivity (Wildman–Crippen MR) is 77.9 cm³/mol. The Morgan fingerprint density at radius 2 is 2.24 bits per heavy atom. The molecule has 0 radical (unpaired) electrons. The molecule has 0 fully saturated rings. The third-order valence-corrected chi connectivity index (χ3v) is 3.20. The number of hydrogen-bond acceptors (Lipinski definition) is 3. The number of rotatable bonds is 3. The van der Waals surface area contributed by atoms with E-state index in [4.69, 9.17) is 4.42 Å². The molecule has 3 rings (SSSR count). The Labute approximate surface area is 127 Å². The van der Waals surface area contributed by atoms with Gasteiger partial charge < -0.3 is 9.73 Å². The SMILES string of the molecule is O=C(Nc1ccc(-n2cccn2)c(F)c1)c1coc(Br)c1. The first-order chi connectivity index (χ1) is 10.1. The van der Waals surface area contributed by atoms with Gasteiger partial charge in [-0.1, -0.05) is 0 Å². The van der Waals surface area contributed by atoms with Gasteiger partial charge in [-0.25, -0.2) is 9.07 Å². The zero-order chi connectivity index (χ0) is 14.8. The van der Waals surface area contributed by atoms with Crippen LogP contribution in [0.3, 0.4) is 0 Å². The monoisotopic (exact) mass is 349 g/mol. The minimum Gasteiger partial charge on any atom is -0.457 e. The van der Waals surface area contributed by atoms with E-state index in [1.54, 1.807) is 30.6 Å². The van der Waals surface area contributed by atoms with Crippen LogP contribution in [0.1, 0.15) is 10.4 Å². The van der Waals surface area contributed by atoms with Crippen molar-refractivity contribution in [2.45, 2.75) is 0 Å². The lowest BCUT2D eigenvalue weighted by molar-refractivity contribution is 0.102. The highest BCUT2D eigenvalue weighted by atomic mass is 79.9. The average Bonchev–Trinajstić information content (AvgIpc) is 3.10. The largest absolute Gasteiger partial charge is 0.457 e. The highest BCUT2D eigenvalue weighted by Crippen LogP contribution is 2.19. The molecule has 21 heavy (non-hydrogen) atoms. The van der Waals surface area contributed by atoms with Crippen molar-refractivity contribution in [1.29, 1.82) is 0 Å². The van der Waals surface area contributed by atoms with Crippen LogP contribution < -0.4 is 5.32 Å². The molecule has 106 valence electrons. The smallest absolute Gasteiger partial charge is 0.258 e. The van der Waals surface area contributed by atoms with Crippen LogP contribution in [-0.2, 0) is 0 Å². The number of anilines is 1. The van der Waals surface area contributed by atoms with Crippen LogP contribution in [0.5, 0.6) is 0 Å². The lowest BCUT2D eigenvalue weighted by atomic mass is 10.2. The van der Waals surface area contributed by atoms with E-state index in [9.17, 15) is 9.18 Å². The zero-order valence-corrected chi connectivity index (χ0v) is 12.2. The van der Waals surface area contributed by atoms with Crippen molar-refractivity contribution in [3.63, 3.8) is 0 Å². The normalized spacial score (nSPS) is 10.6. The number of carbonyl (C=O) groups excluding carboxylic acids is 1. The van der Waals surface area contributed by atoms with Crippen LogP contribution in [0.15, 0.2) is 58.1 Å². The van der Waals surface area contributed by atoms with Crippen LogP contribution in [0, 0.1) is 5.82 Å². The fourth-order valence-electron chi connectivity index (χ4n) is 1.81. The fraction of sp³-hybridized carbons (Fsp3) is 0. The third kappa shape index (κ3) is 2.87. The Morgan fingerprint density at radius 1 is 1.38 bits per heavy atom. The first kappa shape index (κ1) is 13.6. The van der Waals surface area contributed by atoms with Gasteiger partial charge in [-0.3, -0.25) is 4.79 Å². The first-order valence-electron chi connectivity index (χ1n) is 5.98. The number of nitrogens with zero attached hydrogens (tertiary/aromatic N) is 2. The van der Waals surface area contributed by atoms with Crippen LogP contribution in [0.2, 0.25) is 0 Å². The van der Waals surface area contributed by atoms with E-state index in [1.807, 2.05) is 0 Å². The van der Waals surface area contributed by atoms with E-state index in [1.165, 1.54) is 23.1 Å². The standard InChI is InChI=1S/C14H9BrFN3O2/c15-13-6-9(8-21-13)14(20)18-10-2-3-12(11(16)7-10)19-5-1-4-17-19/h1-8H,(H,18,20). The minimum absolute atomic E-state index is 0.309. The van der Waals surface area contributed by atoms with E-state index < -0.39 is 5.82 Å². The molecule has 1 aromatic carbocycles. The van der Waals surface area contributed by atoms with Gasteiger partial charge in [-0.2, -0.15) is 5.10 Å². The van der Waals surface area contributed by atoms with Crippen molar-refractivity contribution in [1.82, 2.24) is 9.78 Å². The highest BCUT2D eigenvalue weighted by molar-refractivity contribution is 9.10.